The first-order valence-electron chi connectivity index (χ1n) is 30.7. The van der Waals surface area contributed by atoms with Crippen molar-refractivity contribution in [1.82, 2.24) is 0 Å². The summed E-state index contributed by atoms with van der Waals surface area (Å²) in [5, 5.41) is 182. The molecule has 6 heterocycles. The summed E-state index contributed by atoms with van der Waals surface area (Å²) >= 11 is 0. The predicted octanol–water partition coefficient (Wildman–Crippen LogP) is -5.10. The lowest BCUT2D eigenvalue weighted by Crippen LogP contribution is -2.67. The van der Waals surface area contributed by atoms with E-state index in [0.717, 1.165) is 38.5 Å². The van der Waals surface area contributed by atoms with Gasteiger partial charge in [0.05, 0.1) is 51.3 Å². The Hall–Kier alpha value is -1.12. The summed E-state index contributed by atoms with van der Waals surface area (Å²) in [5.41, 5.74) is -0.0628. The molecule has 4 saturated carbocycles. The maximum absolute atomic E-state index is 12.1. The minimum atomic E-state index is -2.05. The molecule has 28 heteroatoms. The van der Waals surface area contributed by atoms with Crippen LogP contribution in [-0.2, 0) is 52.1 Å². The number of rotatable bonds is 18. The number of hydrogen-bond donors (Lipinski definition) is 17. The third-order valence-electron chi connectivity index (χ3n) is 22.2. The van der Waals surface area contributed by atoms with Crippen molar-refractivity contribution in [2.75, 3.05) is 33.0 Å². The second-order valence-corrected chi connectivity index (χ2v) is 27.1. The van der Waals surface area contributed by atoms with E-state index in [1.165, 1.54) is 6.92 Å². The Morgan fingerprint density at radius 1 is 0.494 bits per heavy atom. The number of ether oxygens (including phenoxy) is 11. The molecule has 0 aromatic heterocycles. The van der Waals surface area contributed by atoms with Gasteiger partial charge in [0.25, 0.3) is 0 Å². The van der Waals surface area contributed by atoms with E-state index in [2.05, 4.69) is 20.8 Å². The molecule has 10 aliphatic rings. The highest BCUT2D eigenvalue weighted by molar-refractivity contribution is 5.15. The van der Waals surface area contributed by atoms with Crippen molar-refractivity contribution in [3.05, 3.63) is 0 Å². The third-order valence-corrected chi connectivity index (χ3v) is 22.2. The zero-order valence-electron chi connectivity index (χ0n) is 48.8. The van der Waals surface area contributed by atoms with E-state index >= 15 is 0 Å². The van der Waals surface area contributed by atoms with E-state index in [1.54, 1.807) is 0 Å². The van der Waals surface area contributed by atoms with Gasteiger partial charge in [0.2, 0.25) is 0 Å². The Morgan fingerprint density at radius 2 is 1.00 bits per heavy atom. The van der Waals surface area contributed by atoms with Crippen LogP contribution < -0.4 is 0 Å². The fourth-order valence-electron chi connectivity index (χ4n) is 17.0. The van der Waals surface area contributed by atoms with Crippen molar-refractivity contribution in [1.29, 1.82) is 0 Å². The van der Waals surface area contributed by atoms with Crippen LogP contribution in [0, 0.1) is 52.3 Å². The third kappa shape index (κ3) is 12.4. The standard InChI is InChI=1S/C57H96O28/c1-21(19-75-51-44(70)39(65)36(62)30(16-58)79-51)8-13-57(74)22(2)34-29(85-57)15-28-26-7-6-24-14-25(9-11-55(24,4)27(26)10-12-56(28,34)5)78-52-46(72)41(67)48(32(18-60)81-52)83-54-47(73)42(68)49(84-53-45(71)40(66)37(63)31(17-59)80-53)33(82-54)20-76-50-43(69)38(64)35(61)23(3)77-50/h21-54,58-74H,6-20H2,1-5H3. The fourth-order valence-corrected chi connectivity index (χ4v) is 17.0. The summed E-state index contributed by atoms with van der Waals surface area (Å²) in [6, 6.07) is 0. The van der Waals surface area contributed by atoms with E-state index in [-0.39, 0.29) is 53.3 Å². The van der Waals surface area contributed by atoms with Crippen LogP contribution in [0.15, 0.2) is 0 Å². The summed E-state index contributed by atoms with van der Waals surface area (Å²) in [7, 11) is 0. The molecule has 37 atom stereocenters. The summed E-state index contributed by atoms with van der Waals surface area (Å²) in [5.74, 6) is 0.158. The molecule has 0 radical (unpaired) electrons. The number of aliphatic hydroxyl groups excluding tert-OH is 16. The zero-order chi connectivity index (χ0) is 61.5. The Kier molecular flexibility index (Phi) is 20.8. The van der Waals surface area contributed by atoms with Gasteiger partial charge in [-0.2, -0.15) is 0 Å². The van der Waals surface area contributed by atoms with E-state index < -0.39 is 186 Å². The average molecular weight is 1230 g/mol. The van der Waals surface area contributed by atoms with Crippen molar-refractivity contribution in [3.63, 3.8) is 0 Å². The molecule has 28 nitrogen and oxygen atoms in total. The van der Waals surface area contributed by atoms with E-state index in [1.807, 2.05) is 6.92 Å². The molecular formula is C57H96O28. The van der Waals surface area contributed by atoms with Crippen LogP contribution in [0.2, 0.25) is 0 Å². The molecule has 0 aromatic carbocycles. The predicted molar refractivity (Wildman–Crippen MR) is 283 cm³/mol. The molecule has 10 fully saturated rings. The quantitative estimate of drug-likeness (QED) is 0.0571. The molecule has 85 heavy (non-hydrogen) atoms. The minimum absolute atomic E-state index is 0.0143. The average Bonchev–Trinajstić information content (AvgIpc) is 1.61. The molecule has 10 rings (SSSR count). The van der Waals surface area contributed by atoms with Crippen molar-refractivity contribution in [2.24, 2.45) is 52.3 Å². The number of hydrogen-bond acceptors (Lipinski definition) is 28. The van der Waals surface area contributed by atoms with Gasteiger partial charge in [-0.1, -0.05) is 27.7 Å². The Morgan fingerprint density at radius 3 is 1.61 bits per heavy atom. The monoisotopic (exact) mass is 1230 g/mol. The van der Waals surface area contributed by atoms with Gasteiger partial charge in [0.1, 0.15) is 116 Å². The summed E-state index contributed by atoms with van der Waals surface area (Å²) in [4.78, 5) is 0. The van der Waals surface area contributed by atoms with Gasteiger partial charge in [0, 0.05) is 12.3 Å². The SMILES string of the molecule is CC(CCC1(O)OC2CC3C4CCC5CC(OC6OC(CO)C(OC7OC(COC8OC(C)C(O)C(O)C8O)C(OC8OC(CO)C(O)C(O)C8O)C(O)C7O)C(O)C6O)CCC5(C)C4CCC3(C)C2C1C)COC1OC(CO)C(O)C(O)C1O. The van der Waals surface area contributed by atoms with Crippen molar-refractivity contribution < 1.29 is 139 Å². The number of fused-ring (bicyclic) bond motifs is 7. The van der Waals surface area contributed by atoms with E-state index in [4.69, 9.17) is 52.1 Å². The minimum Gasteiger partial charge on any atom is -0.394 e. The first-order chi connectivity index (χ1) is 40.2. The van der Waals surface area contributed by atoms with Crippen molar-refractivity contribution in [2.45, 2.75) is 270 Å². The van der Waals surface area contributed by atoms with Gasteiger partial charge in [-0.3, -0.25) is 0 Å². The lowest BCUT2D eigenvalue weighted by atomic mass is 9.44. The first-order valence-corrected chi connectivity index (χ1v) is 30.7. The molecule has 6 saturated heterocycles. The fraction of sp³-hybridized carbons (Fsp3) is 1.00. The first kappa shape index (κ1) is 66.8. The lowest BCUT2D eigenvalue weighted by molar-refractivity contribution is -0.386. The molecule has 4 aliphatic carbocycles. The van der Waals surface area contributed by atoms with Crippen LogP contribution in [0.4, 0.5) is 0 Å². The van der Waals surface area contributed by atoms with Crippen LogP contribution in [0.25, 0.3) is 0 Å². The molecule has 492 valence electrons. The molecule has 37 unspecified atom stereocenters. The maximum Gasteiger partial charge on any atom is 0.187 e. The molecule has 6 aliphatic heterocycles. The van der Waals surface area contributed by atoms with Crippen LogP contribution in [0.1, 0.15) is 98.8 Å². The second kappa shape index (κ2) is 26.5. The van der Waals surface area contributed by atoms with Crippen LogP contribution in [0.5, 0.6) is 0 Å². The Bertz CT molecular complexity index is 2170. The highest BCUT2D eigenvalue weighted by Gasteiger charge is 2.69. The Balaban J connectivity index is 0.735. The summed E-state index contributed by atoms with van der Waals surface area (Å²) in [6.07, 6.45) is -33.2. The van der Waals surface area contributed by atoms with Crippen LogP contribution in [-0.4, -0.2) is 291 Å². The lowest BCUT2D eigenvalue weighted by Gasteiger charge is -2.61. The van der Waals surface area contributed by atoms with Gasteiger partial charge in [-0.15, -0.1) is 0 Å². The second-order valence-electron chi connectivity index (χ2n) is 27.1. The normalized spacial score (nSPS) is 55.8. The zero-order valence-corrected chi connectivity index (χ0v) is 48.8. The maximum atomic E-state index is 12.1. The Labute approximate surface area is 493 Å². The number of aliphatic hydroxyl groups is 17. The van der Waals surface area contributed by atoms with Gasteiger partial charge in [-0.05, 0) is 111 Å². The molecule has 0 amide bonds. The largest absolute Gasteiger partial charge is 0.394 e. The highest BCUT2D eigenvalue weighted by atomic mass is 16.8. The van der Waals surface area contributed by atoms with Gasteiger partial charge in [-0.25, -0.2) is 0 Å². The smallest absolute Gasteiger partial charge is 0.187 e. The van der Waals surface area contributed by atoms with Gasteiger partial charge < -0.3 is 139 Å². The molecular weight excluding hydrogens is 1130 g/mol. The molecule has 0 aromatic rings. The van der Waals surface area contributed by atoms with Gasteiger partial charge in [0.15, 0.2) is 37.2 Å². The van der Waals surface area contributed by atoms with E-state index in [9.17, 15) is 86.8 Å². The van der Waals surface area contributed by atoms with Gasteiger partial charge >= 0.3 is 0 Å². The van der Waals surface area contributed by atoms with Crippen molar-refractivity contribution in [3.8, 4) is 0 Å². The molecule has 0 spiro atoms. The molecule has 0 bridgehead atoms. The van der Waals surface area contributed by atoms with E-state index in [0.29, 0.717) is 43.4 Å². The topological polar surface area (TPSA) is 445 Å². The van der Waals surface area contributed by atoms with Crippen LogP contribution in [0.3, 0.4) is 0 Å². The van der Waals surface area contributed by atoms with Crippen LogP contribution >= 0.6 is 0 Å². The summed E-state index contributed by atoms with van der Waals surface area (Å²) < 4.78 is 65.4. The molecule has 17 N–H and O–H groups in total. The highest BCUT2D eigenvalue weighted by Crippen LogP contribution is 2.71. The summed E-state index contributed by atoms with van der Waals surface area (Å²) in [6.45, 7) is 7.55. The van der Waals surface area contributed by atoms with Crippen molar-refractivity contribution >= 4 is 0 Å².